The second-order valence-corrected chi connectivity index (χ2v) is 12.8. The summed E-state index contributed by atoms with van der Waals surface area (Å²) in [5.74, 6) is 0.348. The number of hydrogen-bond donors (Lipinski definition) is 5. The molecule has 7 N–H and O–H groups in total. The highest BCUT2D eigenvalue weighted by atomic mass is 35.5. The number of nitrogens with zero attached hydrogens (tertiary/aromatic N) is 2. The van der Waals surface area contributed by atoms with Crippen molar-refractivity contribution in [2.45, 2.75) is 61.8 Å². The molecule has 40 heavy (non-hydrogen) atoms. The highest BCUT2D eigenvalue weighted by Gasteiger charge is 2.24. The number of halogens is 1. The molecular weight excluding hydrogens is 554 g/mol. The number of amides is 1. The van der Waals surface area contributed by atoms with Crippen molar-refractivity contribution in [3.05, 3.63) is 53.1 Å². The number of nitrogen functional groups attached to an aromatic ring is 1. The molecule has 1 fully saturated rings. The number of aromatic nitrogens is 2. The van der Waals surface area contributed by atoms with Gasteiger partial charge < -0.3 is 32.2 Å². The number of carbonyl (C=O) groups excluding carboxylic acids is 1. The van der Waals surface area contributed by atoms with Crippen molar-refractivity contribution in [3.8, 4) is 5.75 Å². The third-order valence-corrected chi connectivity index (χ3v) is 9.29. The SMILES string of the molecule is COc1cc(C(=O)NC2CCCC(N)C2)ccc1Nc1nc(N)c(Cl)c(Nc2ccccc2S(=O)(=O)C(C)C)n1. The number of benzene rings is 2. The molecular formula is C27H34ClN7O4S. The zero-order chi connectivity index (χ0) is 29.0. The van der Waals surface area contributed by atoms with Crippen LogP contribution in [-0.4, -0.2) is 48.7 Å². The van der Waals surface area contributed by atoms with Crippen LogP contribution < -0.4 is 32.2 Å². The quantitative estimate of drug-likeness (QED) is 0.241. The Labute approximate surface area is 239 Å². The summed E-state index contributed by atoms with van der Waals surface area (Å²) >= 11 is 6.38. The topological polar surface area (TPSA) is 174 Å². The predicted molar refractivity (Wildman–Crippen MR) is 157 cm³/mol. The highest BCUT2D eigenvalue weighted by molar-refractivity contribution is 7.92. The maximum Gasteiger partial charge on any atom is 0.251 e. The molecule has 0 radical (unpaired) electrons. The summed E-state index contributed by atoms with van der Waals surface area (Å²) in [6.45, 7) is 3.22. The van der Waals surface area contributed by atoms with E-state index in [0.29, 0.717) is 22.7 Å². The fourth-order valence-electron chi connectivity index (χ4n) is 4.49. The van der Waals surface area contributed by atoms with Gasteiger partial charge in [0.25, 0.3) is 5.91 Å². The van der Waals surface area contributed by atoms with Gasteiger partial charge in [0.1, 0.15) is 16.6 Å². The molecule has 4 rings (SSSR count). The first-order valence-corrected chi connectivity index (χ1v) is 14.9. The molecule has 2 aromatic carbocycles. The van der Waals surface area contributed by atoms with Crippen molar-refractivity contribution >= 4 is 56.3 Å². The molecule has 0 spiro atoms. The Hall–Kier alpha value is -3.61. The van der Waals surface area contributed by atoms with Crippen molar-refractivity contribution in [1.29, 1.82) is 0 Å². The second-order valence-electron chi connectivity index (χ2n) is 9.95. The maximum absolute atomic E-state index is 12.9. The number of para-hydroxylation sites is 1. The predicted octanol–water partition coefficient (Wildman–Crippen LogP) is 4.39. The van der Waals surface area contributed by atoms with E-state index in [1.54, 1.807) is 50.2 Å². The van der Waals surface area contributed by atoms with Crippen molar-refractivity contribution in [2.75, 3.05) is 23.5 Å². The lowest BCUT2D eigenvalue weighted by molar-refractivity contribution is 0.0925. The van der Waals surface area contributed by atoms with Gasteiger partial charge in [-0.3, -0.25) is 4.79 Å². The molecule has 0 saturated heterocycles. The van der Waals surface area contributed by atoms with Crippen LogP contribution in [0.4, 0.5) is 29.0 Å². The molecule has 11 nitrogen and oxygen atoms in total. The molecule has 1 heterocycles. The summed E-state index contributed by atoms with van der Waals surface area (Å²) < 4.78 is 31.3. The molecule has 2 atom stereocenters. The lowest BCUT2D eigenvalue weighted by atomic mass is 9.91. The minimum atomic E-state index is -3.59. The van der Waals surface area contributed by atoms with E-state index in [4.69, 9.17) is 27.8 Å². The van der Waals surface area contributed by atoms with Gasteiger partial charge in [-0.05, 0) is 69.9 Å². The van der Waals surface area contributed by atoms with Crippen LogP contribution in [0.2, 0.25) is 5.02 Å². The summed E-state index contributed by atoms with van der Waals surface area (Å²) in [5.41, 5.74) is 13.3. The Morgan fingerprint density at radius 3 is 2.55 bits per heavy atom. The molecule has 1 aliphatic rings. The van der Waals surface area contributed by atoms with Crippen LogP contribution in [0.3, 0.4) is 0 Å². The highest BCUT2D eigenvalue weighted by Crippen LogP contribution is 2.34. The Morgan fingerprint density at radius 2 is 1.85 bits per heavy atom. The number of nitrogens with two attached hydrogens (primary N) is 2. The summed E-state index contributed by atoms with van der Waals surface area (Å²) in [6.07, 6.45) is 3.61. The number of sulfone groups is 1. The van der Waals surface area contributed by atoms with Crippen LogP contribution in [0.25, 0.3) is 0 Å². The van der Waals surface area contributed by atoms with Gasteiger partial charge in [0, 0.05) is 17.6 Å². The van der Waals surface area contributed by atoms with E-state index in [-0.39, 0.29) is 45.5 Å². The van der Waals surface area contributed by atoms with Crippen molar-refractivity contribution < 1.29 is 17.9 Å². The molecule has 1 saturated carbocycles. The van der Waals surface area contributed by atoms with E-state index < -0.39 is 15.1 Å². The Morgan fingerprint density at radius 1 is 1.10 bits per heavy atom. The monoisotopic (exact) mass is 587 g/mol. The van der Waals surface area contributed by atoms with Gasteiger partial charge in [-0.1, -0.05) is 23.7 Å². The van der Waals surface area contributed by atoms with Gasteiger partial charge in [-0.25, -0.2) is 8.42 Å². The fraction of sp³-hybridized carbons (Fsp3) is 0.370. The number of carbonyl (C=O) groups is 1. The first kappa shape index (κ1) is 29.4. The molecule has 0 aliphatic heterocycles. The summed E-state index contributed by atoms with van der Waals surface area (Å²) in [4.78, 5) is 21.6. The minimum Gasteiger partial charge on any atom is -0.495 e. The molecule has 3 aromatic rings. The third kappa shape index (κ3) is 6.57. The lowest BCUT2D eigenvalue weighted by Crippen LogP contribution is -2.42. The van der Waals surface area contributed by atoms with Gasteiger partial charge in [0.05, 0.1) is 28.6 Å². The van der Waals surface area contributed by atoms with Crippen LogP contribution in [0, 0.1) is 0 Å². The molecule has 214 valence electrons. The van der Waals surface area contributed by atoms with Gasteiger partial charge in [-0.15, -0.1) is 0 Å². The van der Waals surface area contributed by atoms with E-state index in [1.165, 1.54) is 13.2 Å². The van der Waals surface area contributed by atoms with Crippen molar-refractivity contribution in [1.82, 2.24) is 15.3 Å². The van der Waals surface area contributed by atoms with Crippen LogP contribution in [0.1, 0.15) is 49.9 Å². The largest absolute Gasteiger partial charge is 0.495 e. The number of methoxy groups -OCH3 is 1. The van der Waals surface area contributed by atoms with Crippen LogP contribution in [0.15, 0.2) is 47.4 Å². The van der Waals surface area contributed by atoms with E-state index in [9.17, 15) is 13.2 Å². The Bertz CT molecular complexity index is 1500. The van der Waals surface area contributed by atoms with Crippen molar-refractivity contribution in [2.24, 2.45) is 5.73 Å². The number of rotatable bonds is 9. The maximum atomic E-state index is 12.9. The number of anilines is 5. The molecule has 13 heteroatoms. The second kappa shape index (κ2) is 12.3. The van der Waals surface area contributed by atoms with E-state index in [0.717, 1.165) is 25.7 Å². The van der Waals surface area contributed by atoms with Gasteiger partial charge >= 0.3 is 0 Å². The third-order valence-electron chi connectivity index (χ3n) is 6.70. The fourth-order valence-corrected chi connectivity index (χ4v) is 5.82. The summed E-state index contributed by atoms with van der Waals surface area (Å²) in [6, 6.07) is 11.6. The van der Waals surface area contributed by atoms with Gasteiger partial charge in [0.15, 0.2) is 15.7 Å². The Kier molecular flexibility index (Phi) is 9.02. The van der Waals surface area contributed by atoms with Crippen LogP contribution >= 0.6 is 11.6 Å². The molecule has 1 aromatic heterocycles. The molecule has 1 aliphatic carbocycles. The minimum absolute atomic E-state index is 0.0217. The summed E-state index contributed by atoms with van der Waals surface area (Å²) in [5, 5.41) is 8.48. The van der Waals surface area contributed by atoms with E-state index >= 15 is 0 Å². The van der Waals surface area contributed by atoms with Gasteiger partial charge in [-0.2, -0.15) is 9.97 Å². The molecule has 0 bridgehead atoms. The first-order valence-electron chi connectivity index (χ1n) is 12.9. The number of nitrogens with one attached hydrogen (secondary N) is 3. The standard InChI is InChI=1S/C27H34ClN7O4S/c1-15(2)40(37,38)22-10-5-4-9-20(22)32-25-23(28)24(30)34-27(35-25)33-19-12-11-16(13-21(19)39-3)26(36)31-18-8-6-7-17(29)14-18/h4-5,9-13,15,17-18H,6-8,14,29H2,1-3H3,(H,31,36)(H4,30,32,33,34,35). The Balaban J connectivity index is 1.58. The smallest absolute Gasteiger partial charge is 0.251 e. The number of ether oxygens (including phenoxy) is 1. The zero-order valence-electron chi connectivity index (χ0n) is 22.6. The number of hydrogen-bond acceptors (Lipinski definition) is 10. The average Bonchev–Trinajstić information content (AvgIpc) is 2.91. The molecule has 1 amide bonds. The van der Waals surface area contributed by atoms with E-state index in [1.807, 2.05) is 0 Å². The lowest BCUT2D eigenvalue weighted by Gasteiger charge is -2.27. The molecule has 2 unspecified atom stereocenters. The normalized spacial score (nSPS) is 17.4. The summed E-state index contributed by atoms with van der Waals surface area (Å²) in [7, 11) is -2.11. The first-order chi connectivity index (χ1) is 19.0. The van der Waals surface area contributed by atoms with Crippen LogP contribution in [0.5, 0.6) is 5.75 Å². The van der Waals surface area contributed by atoms with Crippen molar-refractivity contribution in [3.63, 3.8) is 0 Å². The average molecular weight is 588 g/mol. The van der Waals surface area contributed by atoms with Crippen LogP contribution in [-0.2, 0) is 9.84 Å². The van der Waals surface area contributed by atoms with E-state index in [2.05, 4.69) is 25.9 Å². The van der Waals surface area contributed by atoms with Gasteiger partial charge in [0.2, 0.25) is 5.95 Å². The zero-order valence-corrected chi connectivity index (χ0v) is 24.1.